The van der Waals surface area contributed by atoms with Crippen LogP contribution >= 0.6 is 12.2 Å². The van der Waals surface area contributed by atoms with Gasteiger partial charge in [-0.2, -0.15) is 0 Å². The zero-order valence-electron chi connectivity index (χ0n) is 6.25. The standard InChI is InChI=1S/C6H8O4S/c1-9-5(7)3-4(11)6(8)10-2/h3H2,1-2H3. The molecule has 4 nitrogen and oxygen atoms in total. The minimum Gasteiger partial charge on any atom is -0.469 e. The van der Waals surface area contributed by atoms with E-state index in [1.165, 1.54) is 14.2 Å². The van der Waals surface area contributed by atoms with Gasteiger partial charge >= 0.3 is 11.9 Å². The van der Waals surface area contributed by atoms with Crippen LogP contribution in [0, 0.1) is 0 Å². The van der Waals surface area contributed by atoms with Gasteiger partial charge in [-0.25, -0.2) is 4.79 Å². The van der Waals surface area contributed by atoms with E-state index in [9.17, 15) is 9.59 Å². The zero-order chi connectivity index (χ0) is 8.85. The van der Waals surface area contributed by atoms with Crippen LogP contribution in [-0.2, 0) is 19.1 Å². The van der Waals surface area contributed by atoms with E-state index in [1.807, 2.05) is 0 Å². The molecule has 0 spiro atoms. The number of carbonyl (C=O) groups excluding carboxylic acids is 2. The van der Waals surface area contributed by atoms with Gasteiger partial charge in [-0.1, -0.05) is 12.2 Å². The van der Waals surface area contributed by atoms with Crippen molar-refractivity contribution < 1.29 is 19.1 Å². The molecule has 0 aromatic carbocycles. The molecule has 0 heterocycles. The van der Waals surface area contributed by atoms with E-state index >= 15 is 0 Å². The molecular weight excluding hydrogens is 168 g/mol. The average molecular weight is 176 g/mol. The van der Waals surface area contributed by atoms with Crippen LogP contribution in [0.1, 0.15) is 6.42 Å². The molecular formula is C6H8O4S. The van der Waals surface area contributed by atoms with E-state index in [0.717, 1.165) is 0 Å². The molecule has 0 radical (unpaired) electrons. The third kappa shape index (κ3) is 3.67. The number of esters is 2. The maximum absolute atomic E-state index is 10.6. The molecule has 62 valence electrons. The first kappa shape index (κ1) is 10.0. The Labute approximate surface area is 69.5 Å². The normalized spacial score (nSPS) is 8.55. The predicted molar refractivity (Wildman–Crippen MR) is 41.2 cm³/mol. The van der Waals surface area contributed by atoms with Crippen molar-refractivity contribution in [3.8, 4) is 0 Å². The number of methoxy groups -OCH3 is 2. The lowest BCUT2D eigenvalue weighted by Crippen LogP contribution is -2.17. The van der Waals surface area contributed by atoms with Gasteiger partial charge in [0.15, 0.2) is 0 Å². The Bertz CT molecular complexity index is 187. The second-order valence-corrected chi connectivity index (χ2v) is 2.16. The Morgan fingerprint density at radius 1 is 1.27 bits per heavy atom. The third-order valence-corrected chi connectivity index (χ3v) is 1.26. The lowest BCUT2D eigenvalue weighted by molar-refractivity contribution is -0.140. The minimum absolute atomic E-state index is 0.0700. The van der Waals surface area contributed by atoms with Gasteiger partial charge < -0.3 is 9.47 Å². The van der Waals surface area contributed by atoms with Crippen molar-refractivity contribution in [2.75, 3.05) is 14.2 Å². The van der Waals surface area contributed by atoms with Gasteiger partial charge in [0.1, 0.15) is 4.86 Å². The number of rotatable bonds is 3. The Morgan fingerprint density at radius 3 is 2.18 bits per heavy atom. The second-order valence-electron chi connectivity index (χ2n) is 1.67. The molecule has 0 N–H and O–H groups in total. The molecule has 11 heavy (non-hydrogen) atoms. The largest absolute Gasteiger partial charge is 0.469 e. The van der Waals surface area contributed by atoms with Crippen LogP contribution in [0.5, 0.6) is 0 Å². The zero-order valence-corrected chi connectivity index (χ0v) is 7.06. The summed E-state index contributed by atoms with van der Waals surface area (Å²) in [6, 6.07) is 0. The third-order valence-electron chi connectivity index (χ3n) is 0.946. The van der Waals surface area contributed by atoms with Crippen LogP contribution in [0.4, 0.5) is 0 Å². The molecule has 0 bridgehead atoms. The van der Waals surface area contributed by atoms with Gasteiger partial charge in [0.2, 0.25) is 0 Å². The van der Waals surface area contributed by atoms with Gasteiger partial charge in [-0.3, -0.25) is 4.79 Å². The smallest absolute Gasteiger partial charge is 0.345 e. The fraction of sp³-hybridized carbons (Fsp3) is 0.500. The van der Waals surface area contributed by atoms with Crippen molar-refractivity contribution in [1.82, 2.24) is 0 Å². The molecule has 0 aromatic heterocycles. The number of carbonyl (C=O) groups is 2. The molecule has 5 heteroatoms. The van der Waals surface area contributed by atoms with E-state index in [2.05, 4.69) is 21.7 Å². The van der Waals surface area contributed by atoms with Crippen LogP contribution in [0.2, 0.25) is 0 Å². The number of hydrogen-bond acceptors (Lipinski definition) is 5. The molecule has 0 unspecified atom stereocenters. The number of ether oxygens (including phenoxy) is 2. The summed E-state index contributed by atoms with van der Waals surface area (Å²) in [4.78, 5) is 21.0. The molecule has 0 rings (SSSR count). The number of hydrogen-bond donors (Lipinski definition) is 0. The molecule has 0 aromatic rings. The van der Waals surface area contributed by atoms with Crippen molar-refractivity contribution in [2.45, 2.75) is 6.42 Å². The van der Waals surface area contributed by atoms with Crippen molar-refractivity contribution in [1.29, 1.82) is 0 Å². The lowest BCUT2D eigenvalue weighted by atomic mass is 10.3. The summed E-state index contributed by atoms with van der Waals surface area (Å²) in [5.74, 6) is -1.20. The Balaban J connectivity index is 3.88. The average Bonchev–Trinajstić information content (AvgIpc) is 2.02. The SMILES string of the molecule is COC(=O)CC(=S)C(=O)OC. The van der Waals surface area contributed by atoms with Crippen molar-refractivity contribution in [3.63, 3.8) is 0 Å². The highest BCUT2D eigenvalue weighted by Crippen LogP contribution is 1.92. The summed E-state index contributed by atoms with van der Waals surface area (Å²) in [5, 5.41) is 0. The maximum atomic E-state index is 10.6. The summed E-state index contributed by atoms with van der Waals surface area (Å²) >= 11 is 4.54. The molecule has 0 atom stereocenters. The van der Waals surface area contributed by atoms with E-state index in [-0.39, 0.29) is 11.3 Å². The topological polar surface area (TPSA) is 52.6 Å². The Kier molecular flexibility index (Phi) is 4.36. The van der Waals surface area contributed by atoms with E-state index in [1.54, 1.807) is 0 Å². The Hall–Kier alpha value is -0.970. The highest BCUT2D eigenvalue weighted by atomic mass is 32.1. The summed E-state index contributed by atoms with van der Waals surface area (Å²) in [6.45, 7) is 0. The molecule has 0 saturated carbocycles. The van der Waals surface area contributed by atoms with Gasteiger partial charge in [-0.05, 0) is 0 Å². The summed E-state index contributed by atoms with van der Waals surface area (Å²) in [5.41, 5.74) is 0. The molecule has 0 aliphatic rings. The van der Waals surface area contributed by atoms with Gasteiger partial charge in [-0.15, -0.1) is 0 Å². The van der Waals surface area contributed by atoms with E-state index in [4.69, 9.17) is 0 Å². The van der Waals surface area contributed by atoms with Gasteiger partial charge in [0, 0.05) is 0 Å². The Morgan fingerprint density at radius 2 is 1.82 bits per heavy atom. The molecule has 0 saturated heterocycles. The fourth-order valence-corrected chi connectivity index (χ4v) is 0.590. The highest BCUT2D eigenvalue weighted by Gasteiger charge is 2.13. The first-order valence-electron chi connectivity index (χ1n) is 2.79. The lowest BCUT2D eigenvalue weighted by Gasteiger charge is -1.98. The summed E-state index contributed by atoms with van der Waals surface area (Å²) in [7, 11) is 2.42. The van der Waals surface area contributed by atoms with Crippen molar-refractivity contribution in [3.05, 3.63) is 0 Å². The first-order valence-corrected chi connectivity index (χ1v) is 3.20. The summed E-state index contributed by atoms with van der Waals surface area (Å²) in [6.07, 6.45) is -0.196. The van der Waals surface area contributed by atoms with Gasteiger partial charge in [0.05, 0.1) is 20.6 Å². The van der Waals surface area contributed by atoms with Crippen molar-refractivity contribution in [2.24, 2.45) is 0 Å². The van der Waals surface area contributed by atoms with E-state index < -0.39 is 11.9 Å². The van der Waals surface area contributed by atoms with Gasteiger partial charge in [0.25, 0.3) is 0 Å². The van der Waals surface area contributed by atoms with Crippen molar-refractivity contribution >= 4 is 29.0 Å². The van der Waals surface area contributed by atoms with Crippen LogP contribution < -0.4 is 0 Å². The second kappa shape index (κ2) is 4.79. The van der Waals surface area contributed by atoms with Crippen LogP contribution in [0.3, 0.4) is 0 Å². The van der Waals surface area contributed by atoms with Crippen LogP contribution in [0.25, 0.3) is 0 Å². The number of thiocarbonyl (C=S) groups is 1. The van der Waals surface area contributed by atoms with Crippen LogP contribution in [-0.4, -0.2) is 31.0 Å². The van der Waals surface area contributed by atoms with Crippen LogP contribution in [0.15, 0.2) is 0 Å². The summed E-state index contributed by atoms with van der Waals surface area (Å²) < 4.78 is 8.55. The highest BCUT2D eigenvalue weighted by molar-refractivity contribution is 7.82. The van der Waals surface area contributed by atoms with E-state index in [0.29, 0.717) is 0 Å². The monoisotopic (exact) mass is 176 g/mol. The maximum Gasteiger partial charge on any atom is 0.345 e. The predicted octanol–water partition coefficient (Wildman–Crippen LogP) is 0.0924. The molecule has 0 amide bonds. The molecule has 0 aliphatic heterocycles. The molecule has 0 fully saturated rings. The fourth-order valence-electron chi connectivity index (χ4n) is 0.389. The quantitative estimate of drug-likeness (QED) is 0.450. The minimum atomic E-state index is -0.662. The molecule has 0 aliphatic carbocycles. The first-order chi connectivity index (χ1) is 5.11.